The van der Waals surface area contributed by atoms with Crippen LogP contribution in [0.5, 0.6) is 0 Å². The number of carbonyl (C=O) groups excluding carboxylic acids is 1. The molecule has 0 aliphatic rings. The molecule has 5 nitrogen and oxygen atoms in total. The molecule has 0 saturated carbocycles. The molecule has 0 aromatic heterocycles. The largest absolute Gasteiger partial charge is 0.480 e. The average Bonchev–Trinajstić information content (AvgIpc) is 2.34. The number of ether oxygens (including phenoxy) is 1. The molecule has 0 aliphatic carbocycles. The van der Waals surface area contributed by atoms with Crippen LogP contribution in [0.3, 0.4) is 0 Å². The molecule has 0 heterocycles. The number of benzene rings is 1. The third-order valence-corrected chi connectivity index (χ3v) is 2.60. The van der Waals surface area contributed by atoms with Crippen molar-refractivity contribution in [2.24, 2.45) is 0 Å². The topological polar surface area (TPSA) is 75.6 Å². The quantitative estimate of drug-likeness (QED) is 0.813. The first-order valence-electron chi connectivity index (χ1n) is 4.89. The molecule has 0 aliphatic heterocycles. The van der Waals surface area contributed by atoms with Gasteiger partial charge in [0, 0.05) is 5.33 Å². The Morgan fingerprint density at radius 2 is 2.00 bits per heavy atom. The van der Waals surface area contributed by atoms with E-state index in [1.807, 2.05) is 30.3 Å². The van der Waals surface area contributed by atoms with Crippen LogP contribution in [0.15, 0.2) is 30.3 Å². The average molecular weight is 302 g/mol. The smallest absolute Gasteiger partial charge is 0.408 e. The lowest BCUT2D eigenvalue weighted by molar-refractivity contribution is -0.138. The van der Waals surface area contributed by atoms with E-state index in [4.69, 9.17) is 9.84 Å². The highest BCUT2D eigenvalue weighted by Gasteiger charge is 2.18. The van der Waals surface area contributed by atoms with Crippen LogP contribution in [0.1, 0.15) is 5.56 Å². The van der Waals surface area contributed by atoms with Crippen LogP contribution < -0.4 is 5.32 Å². The molecule has 0 fully saturated rings. The molecular formula is C11H12BrNO4. The zero-order valence-electron chi connectivity index (χ0n) is 8.93. The van der Waals surface area contributed by atoms with Crippen LogP contribution in [0.2, 0.25) is 0 Å². The summed E-state index contributed by atoms with van der Waals surface area (Å²) in [4.78, 5) is 21.9. The fraction of sp³-hybridized carbons (Fsp3) is 0.273. The number of amides is 1. The van der Waals surface area contributed by atoms with E-state index in [-0.39, 0.29) is 11.9 Å². The van der Waals surface area contributed by atoms with Gasteiger partial charge < -0.3 is 15.2 Å². The lowest BCUT2D eigenvalue weighted by Crippen LogP contribution is -2.42. The van der Waals surface area contributed by atoms with Crippen LogP contribution in [0.4, 0.5) is 4.79 Å². The van der Waals surface area contributed by atoms with Gasteiger partial charge in [0.1, 0.15) is 12.6 Å². The number of aliphatic carboxylic acids is 1. The number of hydrogen-bond acceptors (Lipinski definition) is 3. The van der Waals surface area contributed by atoms with Gasteiger partial charge in [-0.2, -0.15) is 0 Å². The van der Waals surface area contributed by atoms with E-state index >= 15 is 0 Å². The van der Waals surface area contributed by atoms with Crippen molar-refractivity contribution in [2.45, 2.75) is 12.6 Å². The van der Waals surface area contributed by atoms with Gasteiger partial charge in [-0.25, -0.2) is 9.59 Å². The molecule has 0 unspecified atom stereocenters. The van der Waals surface area contributed by atoms with E-state index < -0.39 is 18.1 Å². The monoisotopic (exact) mass is 301 g/mol. The first-order valence-corrected chi connectivity index (χ1v) is 6.01. The Labute approximate surface area is 107 Å². The normalized spacial score (nSPS) is 11.6. The SMILES string of the molecule is O=C(N[C@H](CBr)C(=O)O)OCc1ccccc1. The second-order valence-corrected chi connectivity index (χ2v) is 3.90. The minimum Gasteiger partial charge on any atom is -0.480 e. The van der Waals surface area contributed by atoms with Crippen molar-refractivity contribution >= 4 is 28.0 Å². The van der Waals surface area contributed by atoms with Gasteiger partial charge in [0.15, 0.2) is 0 Å². The first kappa shape index (κ1) is 13.5. The Morgan fingerprint density at radius 1 is 1.35 bits per heavy atom. The third-order valence-electron chi connectivity index (χ3n) is 1.96. The van der Waals surface area contributed by atoms with Crippen molar-refractivity contribution < 1.29 is 19.4 Å². The Kier molecular flexibility index (Phi) is 5.48. The van der Waals surface area contributed by atoms with Crippen molar-refractivity contribution in [3.63, 3.8) is 0 Å². The number of nitrogens with one attached hydrogen (secondary N) is 1. The number of carbonyl (C=O) groups is 2. The molecule has 0 bridgehead atoms. The zero-order chi connectivity index (χ0) is 12.7. The van der Waals surface area contributed by atoms with Crippen molar-refractivity contribution in [3.8, 4) is 0 Å². The number of hydrogen-bond donors (Lipinski definition) is 2. The summed E-state index contributed by atoms with van der Waals surface area (Å²) >= 11 is 2.99. The summed E-state index contributed by atoms with van der Waals surface area (Å²) in [6.07, 6.45) is -0.749. The summed E-state index contributed by atoms with van der Waals surface area (Å²) in [5.41, 5.74) is 0.841. The fourth-order valence-electron chi connectivity index (χ4n) is 1.07. The van der Waals surface area contributed by atoms with Gasteiger partial charge in [0.05, 0.1) is 0 Å². The van der Waals surface area contributed by atoms with Crippen LogP contribution in [0, 0.1) is 0 Å². The van der Waals surface area contributed by atoms with Gasteiger partial charge in [-0.1, -0.05) is 46.3 Å². The molecule has 17 heavy (non-hydrogen) atoms. The second kappa shape index (κ2) is 6.90. The molecule has 1 rings (SSSR count). The van der Waals surface area contributed by atoms with Gasteiger partial charge >= 0.3 is 12.1 Å². The van der Waals surface area contributed by atoms with Crippen LogP contribution in [-0.4, -0.2) is 28.5 Å². The van der Waals surface area contributed by atoms with E-state index in [0.717, 1.165) is 5.56 Å². The fourth-order valence-corrected chi connectivity index (χ4v) is 1.51. The number of halogens is 1. The van der Waals surface area contributed by atoms with E-state index in [0.29, 0.717) is 0 Å². The summed E-state index contributed by atoms with van der Waals surface area (Å²) in [5.74, 6) is -1.11. The number of alkyl halides is 1. The molecule has 6 heteroatoms. The van der Waals surface area contributed by atoms with Gasteiger partial charge in [0.2, 0.25) is 0 Å². The molecule has 1 aromatic carbocycles. The maximum Gasteiger partial charge on any atom is 0.408 e. The second-order valence-electron chi connectivity index (χ2n) is 3.25. The van der Waals surface area contributed by atoms with E-state index in [1.165, 1.54) is 0 Å². The van der Waals surface area contributed by atoms with Crippen molar-refractivity contribution in [1.82, 2.24) is 5.32 Å². The number of rotatable bonds is 5. The zero-order valence-corrected chi connectivity index (χ0v) is 10.5. The molecule has 1 aromatic rings. The summed E-state index contributed by atoms with van der Waals surface area (Å²) in [5, 5.41) is 11.1. The standard InChI is InChI=1S/C11H12BrNO4/c12-6-9(10(14)15)13-11(16)17-7-8-4-2-1-3-5-8/h1-5,9H,6-7H2,(H,13,16)(H,14,15)/t9-/m1/s1. The molecule has 2 N–H and O–H groups in total. The lowest BCUT2D eigenvalue weighted by Gasteiger charge is -2.11. The van der Waals surface area contributed by atoms with Gasteiger partial charge in [-0.15, -0.1) is 0 Å². The van der Waals surface area contributed by atoms with Gasteiger partial charge in [-0.05, 0) is 5.56 Å². The molecular weight excluding hydrogens is 290 g/mol. The minimum absolute atomic E-state index is 0.112. The first-order chi connectivity index (χ1) is 8.13. The van der Waals surface area contributed by atoms with E-state index in [1.54, 1.807) is 0 Å². The predicted molar refractivity (Wildman–Crippen MR) is 65.0 cm³/mol. The maximum absolute atomic E-state index is 11.3. The highest BCUT2D eigenvalue weighted by atomic mass is 79.9. The summed E-state index contributed by atoms with van der Waals surface area (Å²) < 4.78 is 4.88. The van der Waals surface area contributed by atoms with Crippen molar-refractivity contribution in [1.29, 1.82) is 0 Å². The Balaban J connectivity index is 2.37. The molecule has 92 valence electrons. The lowest BCUT2D eigenvalue weighted by atomic mass is 10.2. The van der Waals surface area contributed by atoms with Gasteiger partial charge in [-0.3, -0.25) is 0 Å². The third kappa shape index (κ3) is 4.86. The maximum atomic E-state index is 11.3. The van der Waals surface area contributed by atoms with Crippen LogP contribution >= 0.6 is 15.9 Å². The Bertz CT molecular complexity index is 382. The molecule has 1 amide bonds. The highest BCUT2D eigenvalue weighted by molar-refractivity contribution is 9.09. The number of alkyl carbamates (subject to hydrolysis) is 1. The molecule has 1 atom stereocenters. The summed E-state index contributed by atoms with van der Waals surface area (Å²) in [6, 6.07) is 8.15. The van der Waals surface area contributed by atoms with Crippen LogP contribution in [-0.2, 0) is 16.1 Å². The Morgan fingerprint density at radius 3 is 2.53 bits per heavy atom. The molecule has 0 spiro atoms. The molecule has 0 radical (unpaired) electrons. The van der Waals surface area contributed by atoms with Crippen molar-refractivity contribution in [2.75, 3.05) is 5.33 Å². The van der Waals surface area contributed by atoms with Crippen LogP contribution in [0.25, 0.3) is 0 Å². The summed E-state index contributed by atoms with van der Waals surface area (Å²) in [6.45, 7) is 0.112. The predicted octanol–water partition coefficient (Wildman–Crippen LogP) is 1.76. The minimum atomic E-state index is -1.11. The Hall–Kier alpha value is -1.56. The number of carboxylic acid groups (broad SMARTS) is 1. The van der Waals surface area contributed by atoms with Gasteiger partial charge in [0.25, 0.3) is 0 Å². The molecule has 0 saturated heterocycles. The van der Waals surface area contributed by atoms with E-state index in [2.05, 4.69) is 21.2 Å². The summed E-state index contributed by atoms with van der Waals surface area (Å²) in [7, 11) is 0. The van der Waals surface area contributed by atoms with E-state index in [9.17, 15) is 9.59 Å². The highest BCUT2D eigenvalue weighted by Crippen LogP contribution is 2.01. The number of carboxylic acids is 1. The van der Waals surface area contributed by atoms with Crippen molar-refractivity contribution in [3.05, 3.63) is 35.9 Å².